The van der Waals surface area contributed by atoms with Crippen LogP contribution in [-0.2, 0) is 0 Å². The fourth-order valence-electron chi connectivity index (χ4n) is 10.6. The average molecular weight is 709 g/mol. The number of hydrogen-bond donors (Lipinski definition) is 0. The van der Waals surface area contributed by atoms with Crippen LogP contribution >= 0.6 is 22.9 Å². The molecule has 268 valence electrons. The molecule has 0 unspecified atom stereocenters. The monoisotopic (exact) mass is 708 g/mol. The molecule has 0 amide bonds. The summed E-state index contributed by atoms with van der Waals surface area (Å²) < 4.78 is 1.56. The van der Waals surface area contributed by atoms with Crippen molar-refractivity contribution in [2.45, 2.75) is 158 Å². The number of hydrogen-bond acceptors (Lipinski definition) is 4. The van der Waals surface area contributed by atoms with Crippen molar-refractivity contribution >= 4 is 54.9 Å². The van der Waals surface area contributed by atoms with E-state index in [0.717, 1.165) is 12.8 Å². The molecule has 2 aromatic rings. The second kappa shape index (κ2) is 12.6. The van der Waals surface area contributed by atoms with Gasteiger partial charge in [0, 0.05) is 84.8 Å². The Morgan fingerprint density at radius 1 is 0.540 bits per heavy atom. The van der Waals surface area contributed by atoms with Crippen LogP contribution in [-0.4, -0.2) is 40.9 Å². The van der Waals surface area contributed by atoms with Gasteiger partial charge in [0.25, 0.3) is 0 Å². The molecule has 0 radical (unpaired) electrons. The van der Waals surface area contributed by atoms with Crippen molar-refractivity contribution in [1.82, 2.24) is 0 Å². The summed E-state index contributed by atoms with van der Waals surface area (Å²) >= 11 is 3.46. The lowest BCUT2D eigenvalue weighted by molar-refractivity contribution is -0.515. The van der Waals surface area contributed by atoms with Gasteiger partial charge in [0.1, 0.15) is 0 Å². The highest BCUT2D eigenvalue weighted by Gasteiger charge is 2.66. The van der Waals surface area contributed by atoms with Crippen molar-refractivity contribution in [2.24, 2.45) is 10.8 Å². The van der Waals surface area contributed by atoms with E-state index in [1.165, 1.54) is 44.9 Å². The van der Waals surface area contributed by atoms with E-state index in [1.807, 2.05) is 0 Å². The third-order valence-electron chi connectivity index (χ3n) is 11.8. The largest absolute Gasteiger partial charge is 0.523 e. The van der Waals surface area contributed by atoms with Crippen LogP contribution in [0.3, 0.4) is 0 Å². The minimum atomic E-state index is -1.83. The molecular weight excluding hydrogens is 646 g/mol. The van der Waals surface area contributed by atoms with Crippen molar-refractivity contribution in [2.75, 3.05) is 0 Å². The van der Waals surface area contributed by atoms with Crippen LogP contribution in [0.1, 0.15) is 170 Å². The first kappa shape index (κ1) is 38.8. The zero-order valence-electron chi connectivity index (χ0n) is 33.9. The molecule has 0 atom stereocenters. The van der Waals surface area contributed by atoms with Gasteiger partial charge in [-0.25, -0.2) is 19.7 Å². The maximum Gasteiger partial charge on any atom is 0.233 e. The quantitative estimate of drug-likeness (QED) is 0.202. The lowest BCUT2D eigenvalue weighted by Crippen LogP contribution is -2.66. The first-order valence-corrected chi connectivity index (χ1v) is 20.9. The van der Waals surface area contributed by atoms with Crippen LogP contribution in [0.4, 0.5) is 11.4 Å². The Kier molecular flexibility index (Phi) is 9.80. The number of benzene rings is 2. The number of rotatable bonds is 8. The van der Waals surface area contributed by atoms with Crippen LogP contribution in [0.15, 0.2) is 36.4 Å². The van der Waals surface area contributed by atoms with E-state index in [0.29, 0.717) is 23.7 Å². The Bertz CT molecular complexity index is 1670. The summed E-state index contributed by atoms with van der Waals surface area (Å²) in [5.41, 5.74) is 9.49. The van der Waals surface area contributed by atoms with Crippen molar-refractivity contribution in [3.8, 4) is 11.9 Å². The fraction of sp³-hybridized carbons (Fsp3) is 0.619. The molecule has 0 saturated carbocycles. The first-order valence-electron chi connectivity index (χ1n) is 19.1. The number of nitrogens with zero attached hydrogens (tertiary/aromatic N) is 4. The molecule has 3 heterocycles. The summed E-state index contributed by atoms with van der Waals surface area (Å²) in [4.78, 5) is 0. The zero-order chi connectivity index (χ0) is 37.6. The molecule has 1 saturated heterocycles. The maximum absolute atomic E-state index is 11.5. The van der Waals surface area contributed by atoms with Gasteiger partial charge in [0.15, 0.2) is 11.1 Å². The molecule has 0 bridgehead atoms. The molecule has 2 aromatic carbocycles. The third kappa shape index (κ3) is 5.93. The van der Waals surface area contributed by atoms with Crippen LogP contribution in [0.5, 0.6) is 0 Å². The Labute approximate surface area is 313 Å². The van der Waals surface area contributed by atoms with Gasteiger partial charge in [-0.1, -0.05) is 119 Å². The fourth-order valence-corrected chi connectivity index (χ4v) is 15.8. The van der Waals surface area contributed by atoms with Gasteiger partial charge in [-0.2, -0.15) is 0 Å². The van der Waals surface area contributed by atoms with Crippen LogP contribution in [0.25, 0.3) is 0 Å². The smallest absolute Gasteiger partial charge is 0.233 e. The lowest BCUT2D eigenvalue weighted by Gasteiger charge is -2.64. The molecule has 8 heteroatoms. The summed E-state index contributed by atoms with van der Waals surface area (Å²) in [6, 6.07) is 13.6. The molecule has 0 N–H and O–H groups in total. The van der Waals surface area contributed by atoms with Gasteiger partial charge in [-0.15, -0.1) is 11.9 Å². The molecule has 3 aliphatic rings. The van der Waals surface area contributed by atoms with Crippen molar-refractivity contribution in [3.05, 3.63) is 58.7 Å². The summed E-state index contributed by atoms with van der Waals surface area (Å²) in [7, 11) is 0. The Balaban J connectivity index is 1.85. The van der Waals surface area contributed by atoms with Gasteiger partial charge >= 0.3 is 0 Å². The normalized spacial score (nSPS) is 26.6. The SMILES string of the molecule is CC(C)c1cccc(C(C)C)c1[N+]1=C([B-]2(C#N)S[B-](C#N)(C3=[N+](c4c(C(C)C)cccc4C(C)C)C(C)(C)CC3(C)C)S2)C(C)(C)CC1(C)C. The molecule has 0 aromatic heterocycles. The Morgan fingerprint density at radius 3 is 1.02 bits per heavy atom. The van der Waals surface area contributed by atoms with Crippen molar-refractivity contribution in [1.29, 1.82) is 10.5 Å². The minimum absolute atomic E-state index is 0.200. The summed E-state index contributed by atoms with van der Waals surface area (Å²) in [6.45, 7) is 37.1. The molecule has 4 nitrogen and oxygen atoms in total. The lowest BCUT2D eigenvalue weighted by atomic mass is 9.55. The molecule has 0 spiro atoms. The van der Waals surface area contributed by atoms with E-state index in [2.05, 4.69) is 168 Å². The Morgan fingerprint density at radius 2 is 0.800 bits per heavy atom. The van der Waals surface area contributed by atoms with E-state index in [4.69, 9.17) is 0 Å². The van der Waals surface area contributed by atoms with Crippen molar-refractivity contribution < 1.29 is 9.15 Å². The van der Waals surface area contributed by atoms with Gasteiger partial charge in [-0.3, -0.25) is 0 Å². The van der Waals surface area contributed by atoms with Crippen LogP contribution in [0, 0.1) is 33.3 Å². The van der Waals surface area contributed by atoms with Gasteiger partial charge < -0.3 is 22.9 Å². The van der Waals surface area contributed by atoms with Gasteiger partial charge in [0.05, 0.1) is 0 Å². The summed E-state index contributed by atoms with van der Waals surface area (Å²) in [5.74, 6) is 7.27. The highest BCUT2D eigenvalue weighted by Crippen LogP contribution is 2.66. The standard InChI is InChI=1S/C42H62B2N4S2/c1-27(2)31-19-17-20-32(28(3)4)35(31)47-37(39(9,10)23-41(47,13)14)43(25-45)49-44(26-46,50-43)38-40(11,12)24-42(15,16)48(38)36-33(29(5)6)21-18-22-34(36)30(7)8/h17-22,27-30H,23-24H2,1-16H3. The second-order valence-corrected chi connectivity index (χ2v) is 23.3. The third-order valence-corrected chi connectivity index (χ3v) is 16.0. The highest BCUT2D eigenvalue weighted by atomic mass is 32.3. The summed E-state index contributed by atoms with van der Waals surface area (Å²) in [5, 5.41) is 23.0. The molecule has 0 aliphatic carbocycles. The topological polar surface area (TPSA) is 53.6 Å². The average Bonchev–Trinajstić information content (AvgIpc) is 3.30. The minimum Gasteiger partial charge on any atom is -0.523 e. The van der Waals surface area contributed by atoms with Gasteiger partial charge in [0.2, 0.25) is 20.8 Å². The molecule has 5 rings (SSSR count). The van der Waals surface area contributed by atoms with Gasteiger partial charge in [-0.05, 0) is 23.7 Å². The van der Waals surface area contributed by atoms with Crippen molar-refractivity contribution in [3.63, 3.8) is 0 Å². The molecular formula is C42H62B2N4S2. The number of para-hydroxylation sites is 2. The molecule has 50 heavy (non-hydrogen) atoms. The summed E-state index contributed by atoms with van der Waals surface area (Å²) in [6.07, 6.45) is 1.89. The first-order chi connectivity index (χ1) is 22.9. The second-order valence-electron chi connectivity index (χ2n) is 19.3. The van der Waals surface area contributed by atoms with E-state index in [9.17, 15) is 10.5 Å². The maximum atomic E-state index is 11.5. The molecule has 3 aliphatic heterocycles. The van der Waals surface area contributed by atoms with E-state index in [-0.39, 0.29) is 21.9 Å². The zero-order valence-corrected chi connectivity index (χ0v) is 35.6. The predicted molar refractivity (Wildman–Crippen MR) is 222 cm³/mol. The predicted octanol–water partition coefficient (Wildman–Crippen LogP) is 12.0. The van der Waals surface area contributed by atoms with Crippen LogP contribution < -0.4 is 0 Å². The van der Waals surface area contributed by atoms with E-state index in [1.54, 1.807) is 22.9 Å². The van der Waals surface area contributed by atoms with Crippen LogP contribution in [0.2, 0.25) is 0 Å². The van der Waals surface area contributed by atoms with E-state index >= 15 is 0 Å². The molecule has 1 fully saturated rings. The highest BCUT2D eigenvalue weighted by molar-refractivity contribution is 9.02. The Hall–Kier alpha value is -2.41. The van der Waals surface area contributed by atoms with E-state index < -0.39 is 9.41 Å². The number of nitriles is 2.